The van der Waals surface area contributed by atoms with E-state index < -0.39 is 6.03 Å². The maximum atomic E-state index is 11.9. The standard InChI is InChI=1S/C19H20N6O2/c1-27-16-7-3-2-5-14(16)25-18(15-6-4-12-24(15)19(20)26)22-17(23-25)13-8-10-21-11-9-13/h2-3,5,7-11,15H,4,6,12H2,1H3,(H2,20,26)/t15-/m0/s1. The molecule has 27 heavy (non-hydrogen) atoms. The highest BCUT2D eigenvalue weighted by Gasteiger charge is 2.34. The zero-order valence-electron chi connectivity index (χ0n) is 14.9. The Labute approximate surface area is 156 Å². The summed E-state index contributed by atoms with van der Waals surface area (Å²) in [6.45, 7) is 0.614. The summed E-state index contributed by atoms with van der Waals surface area (Å²) in [4.78, 5) is 22.3. The van der Waals surface area contributed by atoms with Gasteiger partial charge in [-0.1, -0.05) is 12.1 Å². The average Bonchev–Trinajstić information content (AvgIpc) is 3.35. The van der Waals surface area contributed by atoms with Crippen LogP contribution in [0.2, 0.25) is 0 Å². The van der Waals surface area contributed by atoms with Gasteiger partial charge in [0.25, 0.3) is 0 Å². The number of hydrogen-bond donors (Lipinski definition) is 1. The minimum atomic E-state index is -0.447. The molecule has 4 rings (SSSR count). The molecule has 1 aliphatic rings. The number of ether oxygens (including phenoxy) is 1. The molecule has 0 unspecified atom stereocenters. The minimum absolute atomic E-state index is 0.226. The lowest BCUT2D eigenvalue weighted by Gasteiger charge is -2.22. The van der Waals surface area contributed by atoms with E-state index in [0.29, 0.717) is 23.9 Å². The lowest BCUT2D eigenvalue weighted by atomic mass is 10.2. The molecule has 138 valence electrons. The molecule has 0 aliphatic carbocycles. The van der Waals surface area contributed by atoms with Gasteiger partial charge >= 0.3 is 6.03 Å². The summed E-state index contributed by atoms with van der Waals surface area (Å²) in [7, 11) is 1.62. The first-order valence-corrected chi connectivity index (χ1v) is 8.76. The largest absolute Gasteiger partial charge is 0.494 e. The Morgan fingerprint density at radius 1 is 1.22 bits per heavy atom. The van der Waals surface area contributed by atoms with E-state index in [1.165, 1.54) is 0 Å². The van der Waals surface area contributed by atoms with Crippen molar-refractivity contribution < 1.29 is 9.53 Å². The smallest absolute Gasteiger partial charge is 0.315 e. The number of benzene rings is 1. The SMILES string of the molecule is COc1ccccc1-n1nc(-c2ccncc2)nc1[C@@H]1CCCN1C(N)=O. The fraction of sp³-hybridized carbons (Fsp3) is 0.263. The third kappa shape index (κ3) is 3.10. The van der Waals surface area contributed by atoms with E-state index in [2.05, 4.69) is 4.98 Å². The number of carbonyl (C=O) groups excluding carboxylic acids is 1. The van der Waals surface area contributed by atoms with E-state index in [9.17, 15) is 4.79 Å². The van der Waals surface area contributed by atoms with Crippen LogP contribution in [0.4, 0.5) is 4.79 Å². The van der Waals surface area contributed by atoms with Crippen molar-refractivity contribution in [2.24, 2.45) is 5.73 Å². The number of aromatic nitrogens is 4. The van der Waals surface area contributed by atoms with Crippen LogP contribution >= 0.6 is 0 Å². The Morgan fingerprint density at radius 3 is 2.74 bits per heavy atom. The normalized spacial score (nSPS) is 16.5. The van der Waals surface area contributed by atoms with Crippen molar-refractivity contribution in [3.05, 3.63) is 54.6 Å². The molecule has 1 fully saturated rings. The minimum Gasteiger partial charge on any atom is -0.494 e. The summed E-state index contributed by atoms with van der Waals surface area (Å²) < 4.78 is 7.25. The van der Waals surface area contributed by atoms with Crippen molar-refractivity contribution in [3.8, 4) is 22.8 Å². The summed E-state index contributed by atoms with van der Waals surface area (Å²) in [5, 5.41) is 4.72. The number of nitrogens with two attached hydrogens (primary N) is 1. The van der Waals surface area contributed by atoms with E-state index in [4.69, 9.17) is 20.6 Å². The summed E-state index contributed by atoms with van der Waals surface area (Å²) in [5.74, 6) is 1.91. The zero-order valence-corrected chi connectivity index (χ0v) is 14.9. The second kappa shape index (κ2) is 7.06. The molecular weight excluding hydrogens is 344 g/mol. The van der Waals surface area contributed by atoms with Gasteiger partial charge in [0.15, 0.2) is 11.6 Å². The van der Waals surface area contributed by atoms with Gasteiger partial charge in [0.05, 0.1) is 13.2 Å². The van der Waals surface area contributed by atoms with Gasteiger partial charge in [-0.2, -0.15) is 0 Å². The Balaban J connectivity index is 1.88. The molecule has 0 bridgehead atoms. The van der Waals surface area contributed by atoms with Gasteiger partial charge < -0.3 is 15.4 Å². The molecule has 1 aromatic carbocycles. The Hall–Kier alpha value is -3.42. The molecule has 1 saturated heterocycles. The van der Waals surface area contributed by atoms with Crippen LogP contribution in [0, 0.1) is 0 Å². The van der Waals surface area contributed by atoms with Crippen LogP contribution in [-0.2, 0) is 0 Å². The first-order chi connectivity index (χ1) is 13.2. The Morgan fingerprint density at radius 2 is 2.00 bits per heavy atom. The second-order valence-electron chi connectivity index (χ2n) is 6.30. The third-order valence-corrected chi connectivity index (χ3v) is 4.72. The number of urea groups is 1. The molecule has 1 atom stereocenters. The number of pyridine rings is 1. The molecule has 0 saturated carbocycles. The Bertz CT molecular complexity index is 956. The third-order valence-electron chi connectivity index (χ3n) is 4.72. The van der Waals surface area contributed by atoms with Gasteiger partial charge in [-0.05, 0) is 37.1 Å². The number of carbonyl (C=O) groups is 1. The molecule has 8 nitrogen and oxygen atoms in total. The van der Waals surface area contributed by atoms with E-state index in [1.54, 1.807) is 29.1 Å². The van der Waals surface area contributed by atoms with Crippen LogP contribution in [0.3, 0.4) is 0 Å². The molecule has 0 spiro atoms. The lowest BCUT2D eigenvalue weighted by Crippen LogP contribution is -2.36. The molecule has 2 amide bonds. The number of likely N-dealkylation sites (tertiary alicyclic amines) is 1. The summed E-state index contributed by atoms with van der Waals surface area (Å²) in [5.41, 5.74) is 7.20. The van der Waals surface area contributed by atoms with Crippen molar-refractivity contribution in [1.29, 1.82) is 0 Å². The Kier molecular flexibility index (Phi) is 4.45. The highest BCUT2D eigenvalue weighted by molar-refractivity contribution is 5.73. The fourth-order valence-electron chi connectivity index (χ4n) is 3.44. The van der Waals surface area contributed by atoms with Crippen LogP contribution in [0.5, 0.6) is 5.75 Å². The van der Waals surface area contributed by atoms with Gasteiger partial charge in [0.2, 0.25) is 0 Å². The van der Waals surface area contributed by atoms with Gasteiger partial charge in [0.1, 0.15) is 11.4 Å². The molecule has 2 aromatic heterocycles. The van der Waals surface area contributed by atoms with Crippen LogP contribution in [-0.4, -0.2) is 44.3 Å². The van der Waals surface area contributed by atoms with Gasteiger partial charge in [-0.3, -0.25) is 4.98 Å². The maximum Gasteiger partial charge on any atom is 0.315 e. The van der Waals surface area contributed by atoms with Crippen molar-refractivity contribution in [2.75, 3.05) is 13.7 Å². The quantitative estimate of drug-likeness (QED) is 0.767. The van der Waals surface area contributed by atoms with Crippen LogP contribution < -0.4 is 10.5 Å². The van der Waals surface area contributed by atoms with E-state index in [0.717, 1.165) is 24.1 Å². The van der Waals surface area contributed by atoms with Crippen molar-refractivity contribution in [2.45, 2.75) is 18.9 Å². The monoisotopic (exact) mass is 364 g/mol. The fourth-order valence-corrected chi connectivity index (χ4v) is 3.44. The molecular formula is C19H20N6O2. The van der Waals surface area contributed by atoms with Crippen LogP contribution in [0.25, 0.3) is 17.1 Å². The number of nitrogens with zero attached hydrogens (tertiary/aromatic N) is 5. The van der Waals surface area contributed by atoms with Crippen molar-refractivity contribution in [1.82, 2.24) is 24.6 Å². The topological polar surface area (TPSA) is 99.2 Å². The number of para-hydroxylation sites is 2. The molecule has 3 heterocycles. The van der Waals surface area contributed by atoms with Gasteiger partial charge in [0, 0.05) is 24.5 Å². The first-order valence-electron chi connectivity index (χ1n) is 8.76. The predicted molar refractivity (Wildman–Crippen MR) is 99.4 cm³/mol. The second-order valence-corrected chi connectivity index (χ2v) is 6.30. The van der Waals surface area contributed by atoms with Crippen molar-refractivity contribution in [3.63, 3.8) is 0 Å². The zero-order chi connectivity index (χ0) is 18.8. The molecule has 1 aliphatic heterocycles. The van der Waals surface area contributed by atoms with Crippen LogP contribution in [0.1, 0.15) is 24.7 Å². The van der Waals surface area contributed by atoms with Gasteiger partial charge in [-0.25, -0.2) is 14.5 Å². The van der Waals surface area contributed by atoms with Crippen molar-refractivity contribution >= 4 is 6.03 Å². The lowest BCUT2D eigenvalue weighted by molar-refractivity contribution is 0.200. The van der Waals surface area contributed by atoms with E-state index in [1.807, 2.05) is 36.4 Å². The number of hydrogen-bond acceptors (Lipinski definition) is 5. The highest BCUT2D eigenvalue weighted by atomic mass is 16.5. The average molecular weight is 364 g/mol. The first kappa shape index (κ1) is 17.0. The number of methoxy groups -OCH3 is 1. The molecule has 2 N–H and O–H groups in total. The molecule has 0 radical (unpaired) electrons. The maximum absolute atomic E-state index is 11.9. The summed E-state index contributed by atoms with van der Waals surface area (Å²) in [6, 6.07) is 10.6. The number of amides is 2. The predicted octanol–water partition coefficient (Wildman–Crippen LogP) is 2.55. The molecule has 3 aromatic rings. The van der Waals surface area contributed by atoms with Gasteiger partial charge in [-0.15, -0.1) is 5.10 Å². The number of rotatable bonds is 4. The summed E-state index contributed by atoms with van der Waals surface area (Å²) in [6.07, 6.45) is 5.05. The summed E-state index contributed by atoms with van der Waals surface area (Å²) >= 11 is 0. The highest BCUT2D eigenvalue weighted by Crippen LogP contribution is 2.34. The van der Waals surface area contributed by atoms with E-state index >= 15 is 0 Å². The van der Waals surface area contributed by atoms with E-state index in [-0.39, 0.29) is 6.04 Å². The molecule has 8 heteroatoms. The number of primary amides is 1. The van der Waals surface area contributed by atoms with Crippen LogP contribution in [0.15, 0.2) is 48.8 Å².